The Hall–Kier alpha value is -2.57. The average Bonchev–Trinajstić information content (AvgIpc) is 2.34. The standard InChI is InChI=1S/C11H8F2N4O/c12-7-2-1-6(3-8(7)13)17-11(18)9-4-16-10(14)5-15-9/h1-5H,(H2,14,16)(H,17,18). The van der Waals surface area contributed by atoms with Gasteiger partial charge in [-0.2, -0.15) is 0 Å². The highest BCUT2D eigenvalue weighted by atomic mass is 19.2. The lowest BCUT2D eigenvalue weighted by atomic mass is 10.3. The molecule has 92 valence electrons. The first-order chi connectivity index (χ1) is 8.56. The number of carbonyl (C=O) groups is 1. The number of carbonyl (C=O) groups excluding carboxylic acids is 1. The van der Waals surface area contributed by atoms with Crippen LogP contribution in [0, 0.1) is 11.6 Å². The van der Waals surface area contributed by atoms with Gasteiger partial charge in [0, 0.05) is 11.8 Å². The van der Waals surface area contributed by atoms with E-state index in [4.69, 9.17) is 5.73 Å². The van der Waals surface area contributed by atoms with Crippen molar-refractivity contribution in [1.82, 2.24) is 9.97 Å². The summed E-state index contributed by atoms with van der Waals surface area (Å²) in [6.45, 7) is 0. The van der Waals surface area contributed by atoms with Crippen molar-refractivity contribution in [2.75, 3.05) is 11.1 Å². The second-order valence-electron chi connectivity index (χ2n) is 3.41. The van der Waals surface area contributed by atoms with E-state index in [1.165, 1.54) is 18.5 Å². The van der Waals surface area contributed by atoms with Crippen LogP contribution in [0.3, 0.4) is 0 Å². The van der Waals surface area contributed by atoms with Crippen molar-refractivity contribution in [2.45, 2.75) is 0 Å². The van der Waals surface area contributed by atoms with E-state index >= 15 is 0 Å². The zero-order chi connectivity index (χ0) is 13.1. The average molecular weight is 250 g/mol. The fourth-order valence-corrected chi connectivity index (χ4v) is 1.22. The van der Waals surface area contributed by atoms with Crippen LogP contribution in [0.15, 0.2) is 30.6 Å². The second kappa shape index (κ2) is 4.74. The molecule has 1 heterocycles. The van der Waals surface area contributed by atoms with E-state index in [-0.39, 0.29) is 17.2 Å². The van der Waals surface area contributed by atoms with Crippen LogP contribution < -0.4 is 11.1 Å². The molecule has 1 amide bonds. The molecule has 0 unspecified atom stereocenters. The van der Waals surface area contributed by atoms with E-state index in [2.05, 4.69) is 15.3 Å². The molecule has 2 aromatic rings. The molecule has 5 nitrogen and oxygen atoms in total. The van der Waals surface area contributed by atoms with Gasteiger partial charge in [-0.15, -0.1) is 0 Å². The van der Waals surface area contributed by atoms with Gasteiger partial charge in [-0.3, -0.25) is 4.79 Å². The molecule has 0 radical (unpaired) electrons. The molecule has 2 rings (SSSR count). The summed E-state index contributed by atoms with van der Waals surface area (Å²) in [7, 11) is 0. The highest BCUT2D eigenvalue weighted by Crippen LogP contribution is 2.13. The topological polar surface area (TPSA) is 80.9 Å². The minimum Gasteiger partial charge on any atom is -0.382 e. The Morgan fingerprint density at radius 3 is 2.56 bits per heavy atom. The zero-order valence-electron chi connectivity index (χ0n) is 9.02. The maximum Gasteiger partial charge on any atom is 0.275 e. The molecule has 0 aliphatic rings. The number of aromatic nitrogens is 2. The van der Waals surface area contributed by atoms with E-state index in [9.17, 15) is 13.6 Å². The monoisotopic (exact) mass is 250 g/mol. The molecule has 0 bridgehead atoms. The highest BCUT2D eigenvalue weighted by Gasteiger charge is 2.09. The van der Waals surface area contributed by atoms with Crippen LogP contribution in [-0.2, 0) is 0 Å². The van der Waals surface area contributed by atoms with Crippen LogP contribution in [0.2, 0.25) is 0 Å². The lowest BCUT2D eigenvalue weighted by Gasteiger charge is -2.04. The maximum atomic E-state index is 12.9. The number of nitrogens with zero attached hydrogens (tertiary/aromatic N) is 2. The lowest BCUT2D eigenvalue weighted by Crippen LogP contribution is -2.14. The molecule has 0 fully saturated rings. The summed E-state index contributed by atoms with van der Waals surface area (Å²) in [6.07, 6.45) is 2.41. The van der Waals surface area contributed by atoms with Gasteiger partial charge in [-0.05, 0) is 12.1 Å². The van der Waals surface area contributed by atoms with Crippen LogP contribution in [0.25, 0.3) is 0 Å². The number of benzene rings is 1. The van der Waals surface area contributed by atoms with Crippen molar-refractivity contribution in [3.8, 4) is 0 Å². The quantitative estimate of drug-likeness (QED) is 0.848. The Bertz CT molecular complexity index is 586. The molecule has 7 heteroatoms. The first-order valence-electron chi connectivity index (χ1n) is 4.90. The summed E-state index contributed by atoms with van der Waals surface area (Å²) in [5.41, 5.74) is 5.46. The predicted octanol–water partition coefficient (Wildman–Crippen LogP) is 1.59. The van der Waals surface area contributed by atoms with Gasteiger partial charge in [0.05, 0.1) is 12.4 Å². The summed E-state index contributed by atoms with van der Waals surface area (Å²) in [5.74, 6) is -2.44. The minimum absolute atomic E-state index is 0.0222. The summed E-state index contributed by atoms with van der Waals surface area (Å²) >= 11 is 0. The van der Waals surface area contributed by atoms with E-state index < -0.39 is 17.5 Å². The molecule has 0 aliphatic carbocycles. The van der Waals surface area contributed by atoms with Crippen molar-refractivity contribution in [3.63, 3.8) is 0 Å². The maximum absolute atomic E-state index is 12.9. The number of amides is 1. The van der Waals surface area contributed by atoms with Gasteiger partial charge in [0.25, 0.3) is 5.91 Å². The SMILES string of the molecule is Nc1cnc(C(=O)Nc2ccc(F)c(F)c2)cn1. The van der Waals surface area contributed by atoms with Crippen molar-refractivity contribution < 1.29 is 13.6 Å². The van der Waals surface area contributed by atoms with Gasteiger partial charge in [0.15, 0.2) is 11.6 Å². The summed E-state index contributed by atoms with van der Waals surface area (Å²) in [6, 6.07) is 3.03. The third-order valence-electron chi connectivity index (χ3n) is 2.08. The smallest absolute Gasteiger partial charge is 0.275 e. The molecule has 0 spiro atoms. The Morgan fingerprint density at radius 2 is 1.94 bits per heavy atom. The van der Waals surface area contributed by atoms with Gasteiger partial charge < -0.3 is 11.1 Å². The summed E-state index contributed by atoms with van der Waals surface area (Å²) < 4.78 is 25.6. The molecule has 1 aromatic heterocycles. The molecule has 0 saturated heterocycles. The van der Waals surface area contributed by atoms with E-state index in [0.717, 1.165) is 12.1 Å². The highest BCUT2D eigenvalue weighted by molar-refractivity contribution is 6.02. The van der Waals surface area contributed by atoms with E-state index in [0.29, 0.717) is 0 Å². The number of nitrogens with two attached hydrogens (primary N) is 1. The van der Waals surface area contributed by atoms with E-state index in [1.807, 2.05) is 0 Å². The molecule has 0 atom stereocenters. The van der Waals surface area contributed by atoms with Gasteiger partial charge in [0.1, 0.15) is 11.5 Å². The first-order valence-corrected chi connectivity index (χ1v) is 4.90. The number of nitrogens with one attached hydrogen (secondary N) is 1. The normalized spacial score (nSPS) is 10.1. The Morgan fingerprint density at radius 1 is 1.17 bits per heavy atom. The molecular weight excluding hydrogens is 242 g/mol. The largest absolute Gasteiger partial charge is 0.382 e. The Kier molecular flexibility index (Phi) is 3.13. The third kappa shape index (κ3) is 2.57. The molecule has 1 aromatic carbocycles. The van der Waals surface area contributed by atoms with Crippen LogP contribution >= 0.6 is 0 Å². The molecule has 0 aliphatic heterocycles. The first kappa shape index (κ1) is 11.9. The zero-order valence-corrected chi connectivity index (χ0v) is 9.02. The second-order valence-corrected chi connectivity index (χ2v) is 3.41. The number of anilines is 2. The van der Waals surface area contributed by atoms with Crippen LogP contribution in [0.5, 0.6) is 0 Å². The fraction of sp³-hybridized carbons (Fsp3) is 0. The molecular formula is C11H8F2N4O. The van der Waals surface area contributed by atoms with Crippen molar-refractivity contribution in [3.05, 3.63) is 47.9 Å². The van der Waals surface area contributed by atoms with Gasteiger partial charge in [0.2, 0.25) is 0 Å². The van der Waals surface area contributed by atoms with Crippen LogP contribution in [0.4, 0.5) is 20.3 Å². The predicted molar refractivity (Wildman–Crippen MR) is 60.8 cm³/mol. The summed E-state index contributed by atoms with van der Waals surface area (Å²) in [5, 5.41) is 2.36. The number of halogens is 2. The third-order valence-corrected chi connectivity index (χ3v) is 2.08. The van der Waals surface area contributed by atoms with Gasteiger partial charge in [-0.1, -0.05) is 0 Å². The number of hydrogen-bond acceptors (Lipinski definition) is 4. The summed E-state index contributed by atoms with van der Waals surface area (Å²) in [4.78, 5) is 19.1. The minimum atomic E-state index is -1.05. The van der Waals surface area contributed by atoms with Gasteiger partial charge in [-0.25, -0.2) is 18.7 Å². The van der Waals surface area contributed by atoms with Crippen molar-refractivity contribution >= 4 is 17.4 Å². The van der Waals surface area contributed by atoms with Crippen molar-refractivity contribution in [1.29, 1.82) is 0 Å². The number of rotatable bonds is 2. The number of nitrogen functional groups attached to an aromatic ring is 1. The number of hydrogen-bond donors (Lipinski definition) is 2. The fourth-order valence-electron chi connectivity index (χ4n) is 1.22. The Balaban J connectivity index is 2.16. The Labute approximate surface area is 101 Å². The lowest BCUT2D eigenvalue weighted by molar-refractivity contribution is 0.102. The molecule has 3 N–H and O–H groups in total. The van der Waals surface area contributed by atoms with Crippen molar-refractivity contribution in [2.24, 2.45) is 0 Å². The van der Waals surface area contributed by atoms with Gasteiger partial charge >= 0.3 is 0 Å². The van der Waals surface area contributed by atoms with Crippen LogP contribution in [-0.4, -0.2) is 15.9 Å². The van der Waals surface area contributed by atoms with E-state index in [1.54, 1.807) is 0 Å². The van der Waals surface area contributed by atoms with Crippen LogP contribution in [0.1, 0.15) is 10.5 Å². The molecule has 0 saturated carbocycles. The molecule has 18 heavy (non-hydrogen) atoms.